The van der Waals surface area contributed by atoms with Crippen LogP contribution < -0.4 is 15.2 Å². The summed E-state index contributed by atoms with van der Waals surface area (Å²) in [6.07, 6.45) is 0. The van der Waals surface area contributed by atoms with E-state index < -0.39 is 9.70 Å². The van der Waals surface area contributed by atoms with Gasteiger partial charge in [-0.25, -0.2) is 0 Å². The van der Waals surface area contributed by atoms with Crippen molar-refractivity contribution in [3.8, 4) is 11.5 Å². The molecule has 0 saturated heterocycles. The maximum absolute atomic E-state index is 5.81. The van der Waals surface area contributed by atoms with E-state index in [1.165, 1.54) is 0 Å². The van der Waals surface area contributed by atoms with Crippen molar-refractivity contribution in [1.82, 2.24) is 0 Å². The van der Waals surface area contributed by atoms with E-state index in [2.05, 4.69) is 20.8 Å². The number of rotatable bonds is 0. The number of benzene rings is 1. The molecular formula is C12H14Cl3NO2. The molecule has 0 spiro atoms. The molecule has 0 aliphatic carbocycles. The Balaban J connectivity index is 2.37. The van der Waals surface area contributed by atoms with Crippen molar-refractivity contribution >= 4 is 34.8 Å². The quantitative estimate of drug-likeness (QED) is 0.742. The van der Waals surface area contributed by atoms with Crippen LogP contribution in [0.15, 0.2) is 18.2 Å². The lowest BCUT2D eigenvalue weighted by Gasteiger charge is -2.28. The van der Waals surface area contributed by atoms with E-state index in [0.29, 0.717) is 11.5 Å². The van der Waals surface area contributed by atoms with Gasteiger partial charge < -0.3 is 9.47 Å². The van der Waals surface area contributed by atoms with Gasteiger partial charge in [0.25, 0.3) is 3.79 Å². The Morgan fingerprint density at radius 3 is 2.11 bits per heavy atom. The van der Waals surface area contributed by atoms with Crippen LogP contribution in [-0.4, -0.2) is 9.70 Å². The molecule has 2 rings (SSSR count). The van der Waals surface area contributed by atoms with E-state index in [-0.39, 0.29) is 5.41 Å². The summed E-state index contributed by atoms with van der Waals surface area (Å²) in [6.45, 7) is 6.28. The lowest BCUT2D eigenvalue weighted by atomic mass is 9.87. The summed E-state index contributed by atoms with van der Waals surface area (Å²) in [5.41, 5.74) is 6.87. The highest BCUT2D eigenvalue weighted by Gasteiger charge is 2.55. The first-order valence-corrected chi connectivity index (χ1v) is 6.54. The van der Waals surface area contributed by atoms with E-state index >= 15 is 0 Å². The summed E-state index contributed by atoms with van der Waals surface area (Å²) in [7, 11) is 0. The molecule has 1 heterocycles. The molecule has 0 fully saturated rings. The van der Waals surface area contributed by atoms with Crippen LogP contribution in [0, 0.1) is 0 Å². The molecular weight excluding hydrogens is 296 g/mol. The summed E-state index contributed by atoms with van der Waals surface area (Å²) in [4.78, 5) is 0. The minimum atomic E-state index is -1.88. The van der Waals surface area contributed by atoms with Crippen LogP contribution in [0.2, 0.25) is 0 Å². The zero-order valence-corrected chi connectivity index (χ0v) is 12.5. The monoisotopic (exact) mass is 309 g/mol. The van der Waals surface area contributed by atoms with E-state index in [0.717, 1.165) is 5.56 Å². The fourth-order valence-corrected chi connectivity index (χ4v) is 1.83. The highest BCUT2D eigenvalue weighted by atomic mass is 35.6. The molecule has 0 bridgehead atoms. The molecule has 0 aromatic heterocycles. The molecule has 1 aliphatic rings. The lowest BCUT2D eigenvalue weighted by molar-refractivity contribution is -0.0694. The first-order chi connectivity index (χ1) is 8.03. The second-order valence-corrected chi connectivity index (χ2v) is 7.56. The van der Waals surface area contributed by atoms with Crippen molar-refractivity contribution in [2.75, 3.05) is 0 Å². The zero-order valence-electron chi connectivity index (χ0n) is 10.3. The highest BCUT2D eigenvalue weighted by molar-refractivity contribution is 6.68. The van der Waals surface area contributed by atoms with Gasteiger partial charge in [0.15, 0.2) is 11.5 Å². The van der Waals surface area contributed by atoms with Crippen molar-refractivity contribution in [3.05, 3.63) is 23.8 Å². The van der Waals surface area contributed by atoms with Gasteiger partial charge in [-0.3, -0.25) is 5.73 Å². The highest BCUT2D eigenvalue weighted by Crippen LogP contribution is 2.48. The molecule has 0 radical (unpaired) electrons. The second-order valence-electron chi connectivity index (χ2n) is 5.28. The summed E-state index contributed by atoms with van der Waals surface area (Å²) in [5.74, 6) is -0.843. The van der Waals surface area contributed by atoms with Gasteiger partial charge >= 0.3 is 5.91 Å². The van der Waals surface area contributed by atoms with Gasteiger partial charge in [-0.15, -0.1) is 0 Å². The summed E-state index contributed by atoms with van der Waals surface area (Å²) >= 11 is 17.3. The molecule has 1 atom stereocenters. The number of fused-ring (bicyclic) bond motifs is 1. The Bertz CT molecular complexity index is 479. The maximum Gasteiger partial charge on any atom is 0.360 e. The van der Waals surface area contributed by atoms with E-state index in [1.54, 1.807) is 6.07 Å². The van der Waals surface area contributed by atoms with Gasteiger partial charge in [0.05, 0.1) is 0 Å². The predicted octanol–water partition coefficient (Wildman–Crippen LogP) is 3.74. The number of ether oxygens (including phenoxy) is 2. The van der Waals surface area contributed by atoms with E-state index in [1.807, 2.05) is 12.1 Å². The first kappa shape index (κ1) is 14.1. The van der Waals surface area contributed by atoms with Gasteiger partial charge in [-0.05, 0) is 23.1 Å². The minimum absolute atomic E-state index is 0.0157. The maximum atomic E-state index is 5.81. The Kier molecular flexibility index (Phi) is 3.18. The normalized spacial score (nSPS) is 23.3. The number of nitrogens with two attached hydrogens (primary N) is 1. The molecule has 0 unspecified atom stereocenters. The summed E-state index contributed by atoms with van der Waals surface area (Å²) in [6, 6.07) is 5.55. The molecule has 1 aromatic rings. The Hall–Kier alpha value is -0.350. The fourth-order valence-electron chi connectivity index (χ4n) is 1.60. The van der Waals surface area contributed by atoms with Crippen molar-refractivity contribution in [1.29, 1.82) is 0 Å². The molecule has 1 aromatic carbocycles. The average molecular weight is 311 g/mol. The molecule has 3 nitrogen and oxygen atoms in total. The molecule has 6 heteroatoms. The number of hydrogen-bond acceptors (Lipinski definition) is 3. The fraction of sp³-hybridized carbons (Fsp3) is 0.500. The lowest BCUT2D eigenvalue weighted by Crippen LogP contribution is -2.58. The Labute approximate surface area is 121 Å². The van der Waals surface area contributed by atoms with Gasteiger partial charge in [-0.1, -0.05) is 61.6 Å². The minimum Gasteiger partial charge on any atom is -0.433 e. The second kappa shape index (κ2) is 4.07. The molecule has 18 heavy (non-hydrogen) atoms. The largest absolute Gasteiger partial charge is 0.433 e. The summed E-state index contributed by atoms with van der Waals surface area (Å²) < 4.78 is 8.96. The van der Waals surface area contributed by atoms with Crippen molar-refractivity contribution in [2.45, 2.75) is 35.9 Å². The molecule has 100 valence electrons. The Morgan fingerprint density at radius 2 is 1.61 bits per heavy atom. The molecule has 1 aliphatic heterocycles. The number of halogens is 3. The van der Waals surface area contributed by atoms with Gasteiger partial charge in [0, 0.05) is 0 Å². The van der Waals surface area contributed by atoms with Crippen LogP contribution in [0.1, 0.15) is 26.3 Å². The van der Waals surface area contributed by atoms with E-state index in [9.17, 15) is 0 Å². The van der Waals surface area contributed by atoms with Crippen molar-refractivity contribution < 1.29 is 9.47 Å². The molecule has 2 N–H and O–H groups in total. The van der Waals surface area contributed by atoms with Gasteiger partial charge in [-0.2, -0.15) is 0 Å². The van der Waals surface area contributed by atoms with Gasteiger partial charge in [0.2, 0.25) is 0 Å². The van der Waals surface area contributed by atoms with Crippen molar-refractivity contribution in [2.24, 2.45) is 5.73 Å². The molecule has 0 amide bonds. The van der Waals surface area contributed by atoms with Crippen molar-refractivity contribution in [3.63, 3.8) is 0 Å². The zero-order chi connectivity index (χ0) is 13.8. The van der Waals surface area contributed by atoms with E-state index in [4.69, 9.17) is 50.0 Å². The van der Waals surface area contributed by atoms with Crippen LogP contribution >= 0.6 is 34.8 Å². The van der Waals surface area contributed by atoms with Crippen LogP contribution in [-0.2, 0) is 5.41 Å². The summed E-state index contributed by atoms with van der Waals surface area (Å²) in [5, 5.41) is 0. The van der Waals surface area contributed by atoms with Gasteiger partial charge in [0.1, 0.15) is 0 Å². The standard InChI is InChI=1S/C12H14Cl3NO2/c1-10(2,3)7-4-5-8-9(6-7)18-12(16,17-8)11(13,14)15/h4-6H,16H2,1-3H3/t12-/m0/s1. The third-order valence-corrected chi connectivity index (χ3v) is 3.52. The van der Waals surface area contributed by atoms with Crippen LogP contribution in [0.25, 0.3) is 0 Å². The third kappa shape index (κ3) is 2.37. The smallest absolute Gasteiger partial charge is 0.360 e. The van der Waals surface area contributed by atoms with Crippen LogP contribution in [0.3, 0.4) is 0 Å². The third-order valence-electron chi connectivity index (χ3n) is 2.73. The average Bonchev–Trinajstić information content (AvgIpc) is 2.51. The predicted molar refractivity (Wildman–Crippen MR) is 73.6 cm³/mol. The number of hydrogen-bond donors (Lipinski definition) is 1. The Morgan fingerprint density at radius 1 is 1.06 bits per heavy atom. The first-order valence-electron chi connectivity index (χ1n) is 5.41. The molecule has 0 saturated carbocycles. The SMILES string of the molecule is CC(C)(C)c1ccc2c(c1)O[C@](N)(C(Cl)(Cl)Cl)O2. The van der Waals surface area contributed by atoms with Crippen LogP contribution in [0.4, 0.5) is 0 Å². The van der Waals surface area contributed by atoms with Crippen LogP contribution in [0.5, 0.6) is 11.5 Å². The topological polar surface area (TPSA) is 44.5 Å². The number of alkyl halides is 3.